The molecule has 1 atom stereocenters. The van der Waals surface area contributed by atoms with Gasteiger partial charge in [0, 0.05) is 54.1 Å². The third-order valence-corrected chi connectivity index (χ3v) is 7.58. The molecule has 0 radical (unpaired) electrons. The van der Waals surface area contributed by atoms with Gasteiger partial charge < -0.3 is 42.6 Å². The van der Waals surface area contributed by atoms with Crippen molar-refractivity contribution >= 4 is 32.6 Å². The number of hydrogen-bond acceptors (Lipinski definition) is 10. The standard InChI is InChI=1S/C20H37NO12Si/c1-28-12-10-21(17(22)6-7-18(23)24)14-16(33-20(27)9-8-19(25)26)15-32-11-5-13-34(29-2,30-3)31-4/h16H,5-15H2,1-4H3,(H,23,24)(H,25,26). The number of rotatable bonds is 21. The van der Waals surface area contributed by atoms with Crippen LogP contribution in [0.15, 0.2) is 0 Å². The van der Waals surface area contributed by atoms with Gasteiger partial charge in [-0.25, -0.2) is 0 Å². The van der Waals surface area contributed by atoms with Gasteiger partial charge in [-0.05, 0) is 6.42 Å². The number of aliphatic carboxylic acids is 2. The van der Waals surface area contributed by atoms with Crippen molar-refractivity contribution in [1.82, 2.24) is 4.90 Å². The lowest BCUT2D eigenvalue weighted by atomic mass is 10.2. The molecule has 0 aliphatic heterocycles. The van der Waals surface area contributed by atoms with E-state index < -0.39 is 45.1 Å². The molecule has 2 N–H and O–H groups in total. The molecule has 0 aromatic rings. The molecule has 0 heterocycles. The third kappa shape index (κ3) is 14.2. The van der Waals surface area contributed by atoms with E-state index in [-0.39, 0.29) is 52.2 Å². The van der Waals surface area contributed by atoms with Crippen molar-refractivity contribution in [3.8, 4) is 0 Å². The molecular weight excluding hydrogens is 474 g/mol. The van der Waals surface area contributed by atoms with Crippen LogP contribution in [-0.2, 0) is 46.7 Å². The zero-order valence-electron chi connectivity index (χ0n) is 20.3. The molecule has 0 aromatic heterocycles. The van der Waals surface area contributed by atoms with Crippen LogP contribution in [-0.4, -0.2) is 115 Å². The molecule has 0 saturated heterocycles. The fourth-order valence-electron chi connectivity index (χ4n) is 2.88. The van der Waals surface area contributed by atoms with Crippen molar-refractivity contribution in [3.63, 3.8) is 0 Å². The topological polar surface area (TPSA) is 167 Å². The predicted molar refractivity (Wildman–Crippen MR) is 119 cm³/mol. The first-order chi connectivity index (χ1) is 16.1. The molecule has 13 nitrogen and oxygen atoms in total. The Bertz CT molecular complexity index is 620. The maximum atomic E-state index is 12.5. The number of carboxylic acids is 2. The molecule has 14 heteroatoms. The molecule has 0 fully saturated rings. The number of amides is 1. The number of esters is 1. The third-order valence-electron chi connectivity index (χ3n) is 4.74. The van der Waals surface area contributed by atoms with Crippen LogP contribution < -0.4 is 0 Å². The van der Waals surface area contributed by atoms with E-state index in [0.717, 1.165) is 0 Å². The summed E-state index contributed by atoms with van der Waals surface area (Å²) in [5.74, 6) is -3.44. The van der Waals surface area contributed by atoms with Crippen LogP contribution in [0.25, 0.3) is 0 Å². The van der Waals surface area contributed by atoms with Crippen LogP contribution in [0.3, 0.4) is 0 Å². The predicted octanol–water partition coefficient (Wildman–Crippen LogP) is 0.388. The Kier molecular flexibility index (Phi) is 17.1. The SMILES string of the molecule is COCCN(CC(COCCC[Si](OC)(OC)OC)OC(=O)CCC(=O)O)C(=O)CCC(=O)O. The number of carbonyl (C=O) groups excluding carboxylic acids is 2. The summed E-state index contributed by atoms with van der Waals surface area (Å²) in [6.45, 7) is 0.488. The summed E-state index contributed by atoms with van der Waals surface area (Å²) in [4.78, 5) is 47.5. The highest BCUT2D eigenvalue weighted by Gasteiger charge is 2.37. The number of methoxy groups -OCH3 is 1. The Morgan fingerprint density at radius 3 is 1.97 bits per heavy atom. The second-order valence-electron chi connectivity index (χ2n) is 7.21. The average Bonchev–Trinajstić information content (AvgIpc) is 2.81. The van der Waals surface area contributed by atoms with Gasteiger partial charge in [0.15, 0.2) is 0 Å². The quantitative estimate of drug-likeness (QED) is 0.124. The minimum absolute atomic E-state index is 0.0595. The van der Waals surface area contributed by atoms with Crippen molar-refractivity contribution in [2.45, 2.75) is 44.3 Å². The van der Waals surface area contributed by atoms with Gasteiger partial charge in [-0.3, -0.25) is 19.2 Å². The molecule has 0 aliphatic carbocycles. The molecular formula is C20H37NO12Si. The number of carboxylic acid groups (broad SMARTS) is 2. The summed E-state index contributed by atoms with van der Waals surface area (Å²) < 4.78 is 32.0. The average molecular weight is 512 g/mol. The molecule has 198 valence electrons. The minimum atomic E-state index is -2.75. The highest BCUT2D eigenvalue weighted by atomic mass is 28.4. The molecule has 1 amide bonds. The number of hydrogen-bond donors (Lipinski definition) is 2. The van der Waals surface area contributed by atoms with Crippen LogP contribution in [0, 0.1) is 0 Å². The van der Waals surface area contributed by atoms with Crippen LogP contribution in [0.2, 0.25) is 6.04 Å². The van der Waals surface area contributed by atoms with Crippen molar-refractivity contribution in [2.75, 3.05) is 61.3 Å². The lowest BCUT2D eigenvalue weighted by Crippen LogP contribution is -2.43. The summed E-state index contributed by atoms with van der Waals surface area (Å²) in [5.41, 5.74) is 0. The monoisotopic (exact) mass is 511 g/mol. The first-order valence-corrected chi connectivity index (χ1v) is 12.7. The molecule has 0 rings (SSSR count). The number of nitrogens with zero attached hydrogens (tertiary/aromatic N) is 1. The van der Waals surface area contributed by atoms with Crippen molar-refractivity contribution in [1.29, 1.82) is 0 Å². The summed E-state index contributed by atoms with van der Waals surface area (Å²) in [6, 6.07) is 0.493. The molecule has 0 aliphatic rings. The van der Waals surface area contributed by atoms with Crippen LogP contribution in [0.1, 0.15) is 32.1 Å². The molecule has 34 heavy (non-hydrogen) atoms. The Balaban J connectivity index is 5.08. The van der Waals surface area contributed by atoms with Gasteiger partial charge in [0.25, 0.3) is 0 Å². The lowest BCUT2D eigenvalue weighted by Gasteiger charge is -2.28. The zero-order chi connectivity index (χ0) is 26.0. The summed E-state index contributed by atoms with van der Waals surface area (Å²) >= 11 is 0. The summed E-state index contributed by atoms with van der Waals surface area (Å²) in [5, 5.41) is 17.6. The van der Waals surface area contributed by atoms with Crippen molar-refractivity contribution in [2.24, 2.45) is 0 Å². The molecule has 1 unspecified atom stereocenters. The van der Waals surface area contributed by atoms with E-state index in [9.17, 15) is 19.2 Å². The lowest BCUT2D eigenvalue weighted by molar-refractivity contribution is -0.157. The van der Waals surface area contributed by atoms with E-state index in [1.165, 1.54) is 33.3 Å². The van der Waals surface area contributed by atoms with Gasteiger partial charge in [0.2, 0.25) is 5.91 Å². The smallest absolute Gasteiger partial charge is 0.481 e. The molecule has 0 saturated carbocycles. The molecule has 0 spiro atoms. The largest absolute Gasteiger partial charge is 0.500 e. The van der Waals surface area contributed by atoms with Crippen molar-refractivity contribution < 1.29 is 56.9 Å². The summed E-state index contributed by atoms with van der Waals surface area (Å²) in [6.07, 6.45) is -1.65. The molecule has 0 aromatic carbocycles. The Morgan fingerprint density at radius 1 is 0.853 bits per heavy atom. The maximum absolute atomic E-state index is 12.5. The Morgan fingerprint density at radius 2 is 1.44 bits per heavy atom. The van der Waals surface area contributed by atoms with Crippen LogP contribution >= 0.6 is 0 Å². The van der Waals surface area contributed by atoms with Gasteiger partial charge in [-0.2, -0.15) is 0 Å². The number of ether oxygens (including phenoxy) is 3. The highest BCUT2D eigenvalue weighted by Crippen LogP contribution is 2.15. The maximum Gasteiger partial charge on any atom is 0.500 e. The summed E-state index contributed by atoms with van der Waals surface area (Å²) in [7, 11) is 3.21. The van der Waals surface area contributed by atoms with Gasteiger partial charge in [-0.15, -0.1) is 0 Å². The van der Waals surface area contributed by atoms with E-state index in [1.54, 1.807) is 0 Å². The van der Waals surface area contributed by atoms with E-state index in [0.29, 0.717) is 12.5 Å². The van der Waals surface area contributed by atoms with Crippen LogP contribution in [0.5, 0.6) is 0 Å². The fourth-order valence-corrected chi connectivity index (χ4v) is 4.57. The van der Waals surface area contributed by atoms with E-state index in [1.807, 2.05) is 0 Å². The number of carbonyl (C=O) groups is 4. The van der Waals surface area contributed by atoms with E-state index in [4.69, 9.17) is 37.7 Å². The normalized spacial score (nSPS) is 12.2. The first kappa shape index (κ1) is 31.9. The van der Waals surface area contributed by atoms with Gasteiger partial charge in [0.1, 0.15) is 6.10 Å². The second kappa shape index (κ2) is 18.3. The van der Waals surface area contributed by atoms with Crippen molar-refractivity contribution in [3.05, 3.63) is 0 Å². The zero-order valence-corrected chi connectivity index (χ0v) is 21.3. The van der Waals surface area contributed by atoms with E-state index >= 15 is 0 Å². The first-order valence-electron chi connectivity index (χ1n) is 10.8. The highest BCUT2D eigenvalue weighted by molar-refractivity contribution is 6.60. The van der Waals surface area contributed by atoms with Gasteiger partial charge >= 0.3 is 26.7 Å². The fraction of sp³-hybridized carbons (Fsp3) is 0.800. The van der Waals surface area contributed by atoms with E-state index in [2.05, 4.69) is 0 Å². The second-order valence-corrected chi connectivity index (χ2v) is 10.3. The molecule has 0 bridgehead atoms. The van der Waals surface area contributed by atoms with Gasteiger partial charge in [0.05, 0.1) is 39.0 Å². The Labute approximate surface area is 200 Å². The minimum Gasteiger partial charge on any atom is -0.481 e. The van der Waals surface area contributed by atoms with Crippen LogP contribution in [0.4, 0.5) is 0 Å². The van der Waals surface area contributed by atoms with Gasteiger partial charge in [-0.1, -0.05) is 0 Å². The Hall–Kier alpha value is -2.10.